The van der Waals surface area contributed by atoms with Crippen LogP contribution < -0.4 is 0 Å². The number of nitrogens with zero attached hydrogens (tertiary/aromatic N) is 1. The van der Waals surface area contributed by atoms with Crippen molar-refractivity contribution in [2.24, 2.45) is 10.8 Å². The van der Waals surface area contributed by atoms with Crippen molar-refractivity contribution < 1.29 is 0 Å². The lowest BCUT2D eigenvalue weighted by molar-refractivity contribution is 0.716. The molecular formula is C9H12BN. The summed E-state index contributed by atoms with van der Waals surface area (Å²) in [7, 11) is 2.34. The molecule has 1 nitrogen and oxygen atoms in total. The van der Waals surface area contributed by atoms with Crippen LogP contribution >= 0.6 is 0 Å². The summed E-state index contributed by atoms with van der Waals surface area (Å²) in [6, 6.07) is 2.36. The molecule has 0 aromatic heterocycles. The Morgan fingerprint density at radius 3 is 1.91 bits per heavy atom. The molecule has 11 heavy (non-hydrogen) atoms. The maximum Gasteiger partial charge on any atom is 0.112 e. The number of rotatable bonds is 1. The van der Waals surface area contributed by atoms with Gasteiger partial charge < -0.3 is 0 Å². The summed E-state index contributed by atoms with van der Waals surface area (Å²) < 4.78 is 0. The van der Waals surface area contributed by atoms with Crippen molar-refractivity contribution >= 4 is 7.85 Å². The number of nitriles is 1. The highest BCUT2D eigenvalue weighted by molar-refractivity contribution is 6.21. The molecule has 2 spiro atoms. The minimum absolute atomic E-state index is 0.453. The van der Waals surface area contributed by atoms with Crippen LogP contribution in [0.15, 0.2) is 0 Å². The molecule has 3 fully saturated rings. The first-order valence-electron chi connectivity index (χ1n) is 4.59. The zero-order chi connectivity index (χ0) is 7.74. The highest BCUT2D eigenvalue weighted by atomic mass is 14.9. The topological polar surface area (TPSA) is 23.8 Å². The number of hydrogen-bond acceptors (Lipinski definition) is 1. The van der Waals surface area contributed by atoms with Gasteiger partial charge in [0.1, 0.15) is 7.85 Å². The fourth-order valence-electron chi connectivity index (χ4n) is 3.94. The normalized spacial score (nSPS) is 45.4. The van der Waals surface area contributed by atoms with Crippen LogP contribution in [-0.4, -0.2) is 7.85 Å². The van der Waals surface area contributed by atoms with Gasteiger partial charge in [-0.25, -0.2) is 0 Å². The standard InChI is InChI=1S/C9H12BN/c10-9(5-6-11)7(1-2-7)8(9)3-4-8/h1-5,10H2. The molecule has 0 amide bonds. The van der Waals surface area contributed by atoms with E-state index in [2.05, 4.69) is 13.9 Å². The van der Waals surface area contributed by atoms with Crippen LogP contribution in [0.3, 0.4) is 0 Å². The van der Waals surface area contributed by atoms with E-state index in [1.165, 1.54) is 25.7 Å². The van der Waals surface area contributed by atoms with Crippen LogP contribution in [0.1, 0.15) is 32.1 Å². The van der Waals surface area contributed by atoms with Crippen molar-refractivity contribution in [1.29, 1.82) is 5.26 Å². The van der Waals surface area contributed by atoms with Crippen molar-refractivity contribution in [2.45, 2.75) is 37.4 Å². The van der Waals surface area contributed by atoms with Gasteiger partial charge in [-0.1, -0.05) is 0 Å². The Labute approximate surface area is 68.2 Å². The van der Waals surface area contributed by atoms with Crippen LogP contribution in [0.4, 0.5) is 0 Å². The van der Waals surface area contributed by atoms with Crippen molar-refractivity contribution in [3.8, 4) is 6.07 Å². The van der Waals surface area contributed by atoms with E-state index in [9.17, 15) is 0 Å². The molecule has 3 aliphatic rings. The maximum absolute atomic E-state index is 8.71. The van der Waals surface area contributed by atoms with Gasteiger partial charge in [-0.3, -0.25) is 0 Å². The Morgan fingerprint density at radius 2 is 1.64 bits per heavy atom. The smallest absolute Gasteiger partial charge is 0.112 e. The number of hydrogen-bond donors (Lipinski definition) is 0. The Hall–Kier alpha value is -0.445. The summed E-state index contributed by atoms with van der Waals surface area (Å²) in [6.45, 7) is 0. The van der Waals surface area contributed by atoms with Crippen molar-refractivity contribution in [2.75, 3.05) is 0 Å². The quantitative estimate of drug-likeness (QED) is 0.509. The summed E-state index contributed by atoms with van der Waals surface area (Å²) in [5.41, 5.74) is 1.38. The lowest BCUT2D eigenvalue weighted by Crippen LogP contribution is -1.95. The maximum atomic E-state index is 8.71. The first kappa shape index (κ1) is 6.11. The van der Waals surface area contributed by atoms with E-state index in [1.54, 1.807) is 0 Å². The van der Waals surface area contributed by atoms with E-state index in [1.807, 2.05) is 0 Å². The van der Waals surface area contributed by atoms with Crippen molar-refractivity contribution in [1.82, 2.24) is 0 Å². The van der Waals surface area contributed by atoms with Crippen LogP contribution in [0.2, 0.25) is 5.31 Å². The van der Waals surface area contributed by atoms with Gasteiger partial charge in [0.05, 0.1) is 6.07 Å². The molecule has 56 valence electrons. The summed E-state index contributed by atoms with van der Waals surface area (Å²) >= 11 is 0. The lowest BCUT2D eigenvalue weighted by Gasteiger charge is -2.02. The lowest BCUT2D eigenvalue weighted by atomic mass is 9.75. The van der Waals surface area contributed by atoms with E-state index in [4.69, 9.17) is 5.26 Å². The average molecular weight is 145 g/mol. The third-order valence-corrected chi connectivity index (χ3v) is 4.90. The van der Waals surface area contributed by atoms with Gasteiger partial charge in [-0.05, 0) is 41.8 Å². The van der Waals surface area contributed by atoms with Gasteiger partial charge in [-0.15, -0.1) is 0 Å². The molecule has 0 radical (unpaired) electrons. The molecule has 0 bridgehead atoms. The van der Waals surface area contributed by atoms with Crippen LogP contribution in [0.25, 0.3) is 0 Å². The molecule has 0 atom stereocenters. The molecule has 0 aliphatic heterocycles. The summed E-state index contributed by atoms with van der Waals surface area (Å²) in [5, 5.41) is 9.16. The molecule has 0 aromatic rings. The van der Waals surface area contributed by atoms with E-state index < -0.39 is 0 Å². The summed E-state index contributed by atoms with van der Waals surface area (Å²) in [4.78, 5) is 0. The van der Waals surface area contributed by atoms with Gasteiger partial charge >= 0.3 is 0 Å². The van der Waals surface area contributed by atoms with E-state index in [0.29, 0.717) is 16.1 Å². The van der Waals surface area contributed by atoms with Crippen LogP contribution in [0.5, 0.6) is 0 Å². The molecule has 0 aromatic carbocycles. The van der Waals surface area contributed by atoms with Gasteiger partial charge in [0.25, 0.3) is 0 Å². The minimum Gasteiger partial charge on any atom is -0.198 e. The second-order valence-corrected chi connectivity index (χ2v) is 4.83. The zero-order valence-electron chi connectivity index (χ0n) is 6.98. The fraction of sp³-hybridized carbons (Fsp3) is 0.889. The Balaban J connectivity index is 1.97. The second-order valence-electron chi connectivity index (χ2n) is 4.83. The molecule has 3 aliphatic carbocycles. The highest BCUT2D eigenvalue weighted by Gasteiger charge is 2.92. The Bertz CT molecular complexity index is 250. The zero-order valence-corrected chi connectivity index (χ0v) is 6.98. The van der Waals surface area contributed by atoms with E-state index in [-0.39, 0.29) is 0 Å². The second kappa shape index (κ2) is 1.26. The third-order valence-electron chi connectivity index (χ3n) is 4.90. The van der Waals surface area contributed by atoms with Crippen LogP contribution in [-0.2, 0) is 0 Å². The molecule has 0 unspecified atom stereocenters. The van der Waals surface area contributed by atoms with Crippen molar-refractivity contribution in [3.05, 3.63) is 0 Å². The summed E-state index contributed by atoms with van der Waals surface area (Å²) in [5.74, 6) is 0. The van der Waals surface area contributed by atoms with Gasteiger partial charge in [0.2, 0.25) is 0 Å². The largest absolute Gasteiger partial charge is 0.198 e. The predicted molar refractivity (Wildman–Crippen MR) is 44.8 cm³/mol. The fourth-order valence-corrected chi connectivity index (χ4v) is 3.94. The monoisotopic (exact) mass is 145 g/mol. The molecule has 3 rings (SSSR count). The van der Waals surface area contributed by atoms with Gasteiger partial charge in [0, 0.05) is 6.42 Å². The first-order chi connectivity index (χ1) is 5.22. The molecular weight excluding hydrogens is 133 g/mol. The average Bonchev–Trinajstić information content (AvgIpc) is 2.83. The SMILES string of the molecule is BC1(CC#N)C2(CC2)C12CC2. The molecule has 0 heterocycles. The summed E-state index contributed by atoms with van der Waals surface area (Å²) in [6.07, 6.45) is 6.50. The Kier molecular flexibility index (Phi) is 0.700. The van der Waals surface area contributed by atoms with E-state index in [0.717, 1.165) is 6.42 Å². The predicted octanol–water partition coefficient (Wildman–Crippen LogP) is 1.27. The molecule has 2 heteroatoms. The van der Waals surface area contributed by atoms with Crippen molar-refractivity contribution in [3.63, 3.8) is 0 Å². The molecule has 3 saturated carbocycles. The molecule has 0 N–H and O–H groups in total. The van der Waals surface area contributed by atoms with Gasteiger partial charge in [0.15, 0.2) is 0 Å². The number of fused-ring (bicyclic) bond motifs is 1. The minimum atomic E-state index is 0.453. The highest BCUT2D eigenvalue weighted by Crippen LogP contribution is 3.02. The third kappa shape index (κ3) is 0.367. The Morgan fingerprint density at radius 1 is 1.18 bits per heavy atom. The first-order valence-corrected chi connectivity index (χ1v) is 4.59. The van der Waals surface area contributed by atoms with E-state index >= 15 is 0 Å². The van der Waals surface area contributed by atoms with Gasteiger partial charge in [-0.2, -0.15) is 5.26 Å². The molecule has 0 saturated heterocycles. The van der Waals surface area contributed by atoms with Crippen LogP contribution in [0, 0.1) is 22.2 Å².